The highest BCUT2D eigenvalue weighted by atomic mass is 32.2. The fourth-order valence-electron chi connectivity index (χ4n) is 2.41. The third-order valence-electron chi connectivity index (χ3n) is 3.93. The van der Waals surface area contributed by atoms with Gasteiger partial charge in [-0.1, -0.05) is 23.5 Å². The SMILES string of the molecule is N=C(C(=O)Nc1nc2ccc(N)nc2s1)c1ccc(S(=O)C2CC2)cc1. The molecule has 1 atom stereocenters. The summed E-state index contributed by atoms with van der Waals surface area (Å²) >= 11 is 1.20. The van der Waals surface area contributed by atoms with Gasteiger partial charge in [-0.2, -0.15) is 0 Å². The molecule has 9 heteroatoms. The zero-order chi connectivity index (χ0) is 18.3. The monoisotopic (exact) mass is 385 g/mol. The summed E-state index contributed by atoms with van der Waals surface area (Å²) in [7, 11) is -0.995. The molecule has 3 aromatic rings. The van der Waals surface area contributed by atoms with E-state index in [1.807, 2.05) is 0 Å². The van der Waals surface area contributed by atoms with Gasteiger partial charge in [-0.25, -0.2) is 9.97 Å². The number of hydrogen-bond donors (Lipinski definition) is 3. The summed E-state index contributed by atoms with van der Waals surface area (Å²) in [6.45, 7) is 0. The van der Waals surface area contributed by atoms with E-state index in [0.29, 0.717) is 26.9 Å². The van der Waals surface area contributed by atoms with Crippen LogP contribution in [0.2, 0.25) is 0 Å². The molecule has 1 saturated carbocycles. The van der Waals surface area contributed by atoms with Crippen molar-refractivity contribution < 1.29 is 9.00 Å². The number of amides is 1. The molecule has 0 spiro atoms. The van der Waals surface area contributed by atoms with Gasteiger partial charge in [-0.05, 0) is 37.1 Å². The molecule has 1 aromatic carbocycles. The van der Waals surface area contributed by atoms with Crippen LogP contribution < -0.4 is 11.1 Å². The van der Waals surface area contributed by atoms with Crippen LogP contribution >= 0.6 is 11.3 Å². The summed E-state index contributed by atoms with van der Waals surface area (Å²) in [6.07, 6.45) is 1.99. The Morgan fingerprint density at radius 1 is 1.19 bits per heavy atom. The van der Waals surface area contributed by atoms with Crippen molar-refractivity contribution in [2.75, 3.05) is 11.1 Å². The molecule has 1 amide bonds. The first-order valence-corrected chi connectivity index (χ1v) is 9.98. The van der Waals surface area contributed by atoms with E-state index in [1.165, 1.54) is 11.3 Å². The minimum Gasteiger partial charge on any atom is -0.384 e. The Bertz CT molecular complexity index is 1040. The van der Waals surface area contributed by atoms with Crippen molar-refractivity contribution in [1.82, 2.24) is 9.97 Å². The summed E-state index contributed by atoms with van der Waals surface area (Å²) in [5.74, 6) is -0.177. The molecular formula is C17H15N5O2S2. The third-order valence-corrected chi connectivity index (χ3v) is 6.62. The van der Waals surface area contributed by atoms with Crippen LogP contribution in [0.15, 0.2) is 41.3 Å². The van der Waals surface area contributed by atoms with Gasteiger partial charge in [0.15, 0.2) is 5.13 Å². The molecule has 1 aliphatic carbocycles. The van der Waals surface area contributed by atoms with Gasteiger partial charge in [-0.3, -0.25) is 19.7 Å². The Morgan fingerprint density at radius 3 is 2.62 bits per heavy atom. The predicted molar refractivity (Wildman–Crippen MR) is 103 cm³/mol. The van der Waals surface area contributed by atoms with E-state index in [9.17, 15) is 9.00 Å². The van der Waals surface area contributed by atoms with E-state index in [0.717, 1.165) is 17.7 Å². The molecular weight excluding hydrogens is 370 g/mol. The number of anilines is 2. The number of carbonyl (C=O) groups excluding carboxylic acids is 1. The second-order valence-electron chi connectivity index (χ2n) is 5.93. The van der Waals surface area contributed by atoms with E-state index < -0.39 is 16.7 Å². The fraction of sp³-hybridized carbons (Fsp3) is 0.176. The van der Waals surface area contributed by atoms with Gasteiger partial charge in [0.25, 0.3) is 5.91 Å². The third kappa shape index (κ3) is 3.35. The summed E-state index contributed by atoms with van der Waals surface area (Å²) in [6, 6.07) is 10.1. The van der Waals surface area contributed by atoms with Crippen molar-refractivity contribution in [2.24, 2.45) is 0 Å². The summed E-state index contributed by atoms with van der Waals surface area (Å²) in [5, 5.41) is 11.3. The largest absolute Gasteiger partial charge is 0.384 e. The molecule has 1 unspecified atom stereocenters. The predicted octanol–water partition coefficient (Wildman–Crippen LogP) is 2.55. The van der Waals surface area contributed by atoms with Gasteiger partial charge in [0.05, 0.1) is 10.8 Å². The second kappa shape index (κ2) is 6.58. The second-order valence-corrected chi connectivity index (χ2v) is 8.64. The molecule has 4 rings (SSSR count). The highest BCUT2D eigenvalue weighted by molar-refractivity contribution is 7.86. The fourth-order valence-corrected chi connectivity index (χ4v) is 4.60. The molecule has 0 radical (unpaired) electrons. The zero-order valence-electron chi connectivity index (χ0n) is 13.6. The normalized spacial score (nSPS) is 14.9. The van der Waals surface area contributed by atoms with Crippen LogP contribution in [0.25, 0.3) is 10.3 Å². The molecule has 0 bridgehead atoms. The van der Waals surface area contributed by atoms with Crippen LogP contribution in [-0.4, -0.2) is 31.0 Å². The van der Waals surface area contributed by atoms with Crippen molar-refractivity contribution >= 4 is 55.1 Å². The lowest BCUT2D eigenvalue weighted by Crippen LogP contribution is -2.22. The number of nitrogens with one attached hydrogen (secondary N) is 2. The highest BCUT2D eigenvalue weighted by Crippen LogP contribution is 2.30. The first kappa shape index (κ1) is 16.8. The Balaban J connectivity index is 1.48. The van der Waals surface area contributed by atoms with Crippen LogP contribution in [0, 0.1) is 5.41 Å². The number of aromatic nitrogens is 2. The average Bonchev–Trinajstić information content (AvgIpc) is 3.41. The number of pyridine rings is 1. The highest BCUT2D eigenvalue weighted by Gasteiger charge is 2.29. The number of fused-ring (bicyclic) bond motifs is 1. The maximum absolute atomic E-state index is 12.3. The average molecular weight is 385 g/mol. The van der Waals surface area contributed by atoms with Crippen LogP contribution in [-0.2, 0) is 15.6 Å². The minimum atomic E-state index is -0.995. The topological polar surface area (TPSA) is 122 Å². The van der Waals surface area contributed by atoms with Gasteiger partial charge in [0, 0.05) is 15.7 Å². The Labute approximate surface area is 155 Å². The number of nitrogen functional groups attached to an aromatic ring is 1. The lowest BCUT2D eigenvalue weighted by molar-refractivity contribution is -0.110. The standard InChI is InChI=1S/C17H15N5O2S2/c18-13-8-7-12-16(21-13)25-17(20-12)22-15(23)14(19)9-1-3-10(4-2-9)26(24)11-5-6-11/h1-4,7-8,11,19H,5-6H2,(H2,18,21)(H,20,22,23). The number of carbonyl (C=O) groups is 1. The number of nitrogens with two attached hydrogens (primary N) is 1. The Hall–Kier alpha value is -2.65. The molecule has 0 aliphatic heterocycles. The van der Waals surface area contributed by atoms with E-state index in [4.69, 9.17) is 11.1 Å². The maximum Gasteiger partial charge on any atom is 0.275 e. The van der Waals surface area contributed by atoms with Gasteiger partial charge in [0.1, 0.15) is 21.9 Å². The molecule has 1 fully saturated rings. The molecule has 132 valence electrons. The Morgan fingerprint density at radius 2 is 1.92 bits per heavy atom. The Kier molecular flexibility index (Phi) is 4.25. The molecule has 2 aromatic heterocycles. The van der Waals surface area contributed by atoms with Gasteiger partial charge in [0.2, 0.25) is 0 Å². The van der Waals surface area contributed by atoms with Crippen LogP contribution in [0.4, 0.5) is 10.9 Å². The van der Waals surface area contributed by atoms with Gasteiger partial charge in [-0.15, -0.1) is 0 Å². The molecule has 2 heterocycles. The molecule has 0 saturated heterocycles. The molecule has 7 nitrogen and oxygen atoms in total. The van der Waals surface area contributed by atoms with Crippen LogP contribution in [0.5, 0.6) is 0 Å². The number of rotatable bonds is 5. The molecule has 4 N–H and O–H groups in total. The lowest BCUT2D eigenvalue weighted by Gasteiger charge is -2.05. The zero-order valence-corrected chi connectivity index (χ0v) is 15.2. The maximum atomic E-state index is 12.3. The van der Waals surface area contributed by atoms with Crippen molar-refractivity contribution in [3.63, 3.8) is 0 Å². The first-order valence-electron chi connectivity index (χ1n) is 7.95. The number of benzene rings is 1. The summed E-state index contributed by atoms with van der Waals surface area (Å²) in [4.78, 5) is 22.1. The van der Waals surface area contributed by atoms with Crippen molar-refractivity contribution in [3.8, 4) is 0 Å². The van der Waals surface area contributed by atoms with Gasteiger partial charge < -0.3 is 5.73 Å². The van der Waals surface area contributed by atoms with Crippen molar-refractivity contribution in [2.45, 2.75) is 23.0 Å². The number of hydrogen-bond acceptors (Lipinski definition) is 7. The van der Waals surface area contributed by atoms with E-state index in [1.54, 1.807) is 36.4 Å². The van der Waals surface area contributed by atoms with E-state index in [-0.39, 0.29) is 11.0 Å². The summed E-state index contributed by atoms with van der Waals surface area (Å²) < 4.78 is 12.1. The molecule has 1 aliphatic rings. The van der Waals surface area contributed by atoms with Crippen molar-refractivity contribution in [1.29, 1.82) is 5.41 Å². The first-order chi connectivity index (χ1) is 12.5. The molecule has 26 heavy (non-hydrogen) atoms. The lowest BCUT2D eigenvalue weighted by atomic mass is 10.1. The quantitative estimate of drug-likeness (QED) is 0.583. The van der Waals surface area contributed by atoms with Crippen LogP contribution in [0.3, 0.4) is 0 Å². The number of thiazole rings is 1. The minimum absolute atomic E-state index is 0.180. The number of nitrogens with zero attached hydrogens (tertiary/aromatic N) is 2. The smallest absolute Gasteiger partial charge is 0.275 e. The van der Waals surface area contributed by atoms with Crippen molar-refractivity contribution in [3.05, 3.63) is 42.0 Å². The van der Waals surface area contributed by atoms with E-state index >= 15 is 0 Å². The summed E-state index contributed by atoms with van der Waals surface area (Å²) in [5.41, 5.74) is 6.56. The van der Waals surface area contributed by atoms with Crippen LogP contribution in [0.1, 0.15) is 18.4 Å². The van der Waals surface area contributed by atoms with Gasteiger partial charge >= 0.3 is 0 Å². The van der Waals surface area contributed by atoms with E-state index in [2.05, 4.69) is 15.3 Å².